The Morgan fingerprint density at radius 3 is 2.65 bits per heavy atom. The van der Waals surface area contributed by atoms with Crippen LogP contribution in [0.2, 0.25) is 5.02 Å². The van der Waals surface area contributed by atoms with Gasteiger partial charge in [0, 0.05) is 16.8 Å². The Labute approximate surface area is 108 Å². The first-order valence-electron chi connectivity index (χ1n) is 6.34. The lowest BCUT2D eigenvalue weighted by molar-refractivity contribution is 0.592. The van der Waals surface area contributed by atoms with E-state index in [1.807, 2.05) is 0 Å². The smallest absolute Gasteiger partial charge is 0.126 e. The largest absolute Gasteiger partial charge is 0.382 e. The van der Waals surface area contributed by atoms with E-state index in [2.05, 4.69) is 19.2 Å². The van der Waals surface area contributed by atoms with Crippen molar-refractivity contribution in [3.05, 3.63) is 29.0 Å². The molecule has 0 spiro atoms. The molecular formula is C14H21ClFN. The van der Waals surface area contributed by atoms with Crippen LogP contribution in [-0.2, 0) is 0 Å². The van der Waals surface area contributed by atoms with Crippen LogP contribution in [0.3, 0.4) is 0 Å². The molecule has 1 N–H and O–H groups in total. The molecule has 0 aliphatic rings. The first-order valence-corrected chi connectivity index (χ1v) is 6.72. The van der Waals surface area contributed by atoms with Crippen molar-refractivity contribution < 1.29 is 4.39 Å². The molecule has 1 nitrogen and oxygen atoms in total. The highest BCUT2D eigenvalue weighted by Gasteiger charge is 2.04. The van der Waals surface area contributed by atoms with Gasteiger partial charge in [0.15, 0.2) is 0 Å². The summed E-state index contributed by atoms with van der Waals surface area (Å²) in [6.45, 7) is 4.32. The predicted molar refractivity (Wildman–Crippen MR) is 73.3 cm³/mol. The van der Waals surface area contributed by atoms with Gasteiger partial charge in [0.05, 0.1) is 0 Å². The SMILES string of the molecule is CCCCCCC(C)Nc1cc(F)cc(Cl)c1. The van der Waals surface area contributed by atoms with E-state index in [0.29, 0.717) is 11.1 Å². The van der Waals surface area contributed by atoms with E-state index in [1.54, 1.807) is 6.07 Å². The molecule has 1 aromatic rings. The van der Waals surface area contributed by atoms with Crippen molar-refractivity contribution in [2.45, 2.75) is 52.0 Å². The topological polar surface area (TPSA) is 12.0 Å². The maximum atomic E-state index is 13.1. The van der Waals surface area contributed by atoms with Gasteiger partial charge in [0.25, 0.3) is 0 Å². The minimum absolute atomic E-state index is 0.293. The second-order valence-corrected chi connectivity index (χ2v) is 4.99. The molecule has 1 aromatic carbocycles. The third-order valence-corrected chi connectivity index (χ3v) is 2.98. The van der Waals surface area contributed by atoms with Crippen molar-refractivity contribution in [1.29, 1.82) is 0 Å². The molecule has 0 heterocycles. The second-order valence-electron chi connectivity index (χ2n) is 4.55. The molecule has 1 unspecified atom stereocenters. The first-order chi connectivity index (χ1) is 8.11. The summed E-state index contributed by atoms with van der Waals surface area (Å²) in [5, 5.41) is 3.71. The fraction of sp³-hybridized carbons (Fsp3) is 0.571. The molecule has 1 atom stereocenters. The zero-order valence-electron chi connectivity index (χ0n) is 10.6. The van der Waals surface area contributed by atoms with Gasteiger partial charge >= 0.3 is 0 Å². The number of unbranched alkanes of at least 4 members (excludes halogenated alkanes) is 3. The Morgan fingerprint density at radius 2 is 2.00 bits per heavy atom. The van der Waals surface area contributed by atoms with E-state index >= 15 is 0 Å². The van der Waals surface area contributed by atoms with Crippen molar-refractivity contribution in [2.24, 2.45) is 0 Å². The van der Waals surface area contributed by atoms with E-state index in [-0.39, 0.29) is 5.82 Å². The zero-order chi connectivity index (χ0) is 12.7. The van der Waals surface area contributed by atoms with Crippen molar-refractivity contribution in [1.82, 2.24) is 0 Å². The summed E-state index contributed by atoms with van der Waals surface area (Å²) >= 11 is 5.80. The van der Waals surface area contributed by atoms with Gasteiger partial charge in [-0.3, -0.25) is 0 Å². The summed E-state index contributed by atoms with van der Waals surface area (Å²) in [6, 6.07) is 4.91. The van der Waals surface area contributed by atoms with Gasteiger partial charge in [-0.15, -0.1) is 0 Å². The number of anilines is 1. The lowest BCUT2D eigenvalue weighted by Gasteiger charge is -2.15. The Morgan fingerprint density at radius 1 is 1.24 bits per heavy atom. The maximum absolute atomic E-state index is 13.1. The lowest BCUT2D eigenvalue weighted by atomic mass is 10.1. The molecule has 0 aromatic heterocycles. The minimum Gasteiger partial charge on any atom is -0.382 e. The first kappa shape index (κ1) is 14.3. The molecule has 3 heteroatoms. The maximum Gasteiger partial charge on any atom is 0.126 e. The van der Waals surface area contributed by atoms with Gasteiger partial charge in [-0.05, 0) is 31.5 Å². The monoisotopic (exact) mass is 257 g/mol. The number of nitrogens with one attached hydrogen (secondary N) is 1. The predicted octanol–water partition coefficient (Wildman–Crippen LogP) is 5.25. The molecule has 0 saturated carbocycles. The van der Waals surface area contributed by atoms with Crippen molar-refractivity contribution >= 4 is 17.3 Å². The zero-order valence-corrected chi connectivity index (χ0v) is 11.4. The number of rotatable bonds is 7. The molecule has 96 valence electrons. The molecule has 1 rings (SSSR count). The Bertz CT molecular complexity index is 321. The van der Waals surface area contributed by atoms with E-state index in [9.17, 15) is 4.39 Å². The molecule has 0 bridgehead atoms. The van der Waals surface area contributed by atoms with Crippen molar-refractivity contribution in [3.63, 3.8) is 0 Å². The summed E-state index contributed by atoms with van der Waals surface area (Å²) in [5.41, 5.74) is 0.762. The highest BCUT2D eigenvalue weighted by molar-refractivity contribution is 6.30. The Kier molecular flexibility index (Phi) is 6.35. The fourth-order valence-corrected chi connectivity index (χ4v) is 2.09. The molecule has 0 amide bonds. The summed E-state index contributed by atoms with van der Waals surface area (Å²) in [6.07, 6.45) is 6.13. The van der Waals surface area contributed by atoms with Crippen LogP contribution >= 0.6 is 11.6 Å². The van der Waals surface area contributed by atoms with Crippen molar-refractivity contribution in [3.8, 4) is 0 Å². The van der Waals surface area contributed by atoms with Crippen LogP contribution in [-0.4, -0.2) is 6.04 Å². The number of halogens is 2. The summed E-state index contributed by atoms with van der Waals surface area (Å²) in [4.78, 5) is 0. The third kappa shape index (κ3) is 5.92. The van der Waals surface area contributed by atoms with Crippen LogP contribution in [0, 0.1) is 5.82 Å². The average molecular weight is 258 g/mol. The molecule has 0 aliphatic heterocycles. The van der Waals surface area contributed by atoms with Gasteiger partial charge in [0.1, 0.15) is 5.82 Å². The average Bonchev–Trinajstić information content (AvgIpc) is 2.23. The van der Waals surface area contributed by atoms with Gasteiger partial charge in [-0.25, -0.2) is 4.39 Å². The van der Waals surface area contributed by atoms with Gasteiger partial charge in [-0.2, -0.15) is 0 Å². The minimum atomic E-state index is -0.293. The van der Waals surface area contributed by atoms with E-state index in [1.165, 1.54) is 37.8 Å². The standard InChI is InChI=1S/C14H21ClFN/c1-3-4-5-6-7-11(2)17-14-9-12(15)8-13(16)10-14/h8-11,17H,3-7H2,1-2H3. The van der Waals surface area contributed by atoms with E-state index in [0.717, 1.165) is 12.1 Å². The normalized spacial score (nSPS) is 12.5. The van der Waals surface area contributed by atoms with Gasteiger partial charge in [0.2, 0.25) is 0 Å². The molecule has 0 saturated heterocycles. The highest BCUT2D eigenvalue weighted by atomic mass is 35.5. The van der Waals surface area contributed by atoms with E-state index < -0.39 is 0 Å². The van der Waals surface area contributed by atoms with Crippen LogP contribution in [0.15, 0.2) is 18.2 Å². The summed E-state index contributed by atoms with van der Waals surface area (Å²) < 4.78 is 13.1. The van der Waals surface area contributed by atoms with Gasteiger partial charge in [-0.1, -0.05) is 44.2 Å². The third-order valence-electron chi connectivity index (χ3n) is 2.77. The fourth-order valence-electron chi connectivity index (χ4n) is 1.87. The quantitative estimate of drug-likeness (QED) is 0.658. The van der Waals surface area contributed by atoms with Crippen LogP contribution in [0.4, 0.5) is 10.1 Å². The molecule has 0 fully saturated rings. The molecule has 0 aliphatic carbocycles. The van der Waals surface area contributed by atoms with Crippen LogP contribution < -0.4 is 5.32 Å². The molecule has 17 heavy (non-hydrogen) atoms. The lowest BCUT2D eigenvalue weighted by Crippen LogP contribution is -2.14. The molecular weight excluding hydrogens is 237 g/mol. The Balaban J connectivity index is 2.36. The van der Waals surface area contributed by atoms with Crippen LogP contribution in [0.25, 0.3) is 0 Å². The second kappa shape index (κ2) is 7.54. The van der Waals surface area contributed by atoms with Crippen LogP contribution in [0.1, 0.15) is 46.0 Å². The van der Waals surface area contributed by atoms with Crippen LogP contribution in [0.5, 0.6) is 0 Å². The highest BCUT2D eigenvalue weighted by Crippen LogP contribution is 2.19. The van der Waals surface area contributed by atoms with Crippen molar-refractivity contribution in [2.75, 3.05) is 5.32 Å². The summed E-state index contributed by atoms with van der Waals surface area (Å²) in [7, 11) is 0. The number of hydrogen-bond donors (Lipinski definition) is 1. The number of hydrogen-bond acceptors (Lipinski definition) is 1. The van der Waals surface area contributed by atoms with Gasteiger partial charge < -0.3 is 5.32 Å². The summed E-state index contributed by atoms with van der Waals surface area (Å²) in [5.74, 6) is -0.293. The van der Waals surface area contributed by atoms with E-state index in [4.69, 9.17) is 11.6 Å². The number of benzene rings is 1. The molecule has 0 radical (unpaired) electrons. The Hall–Kier alpha value is -0.760.